The molecule has 6 aromatic rings. The van der Waals surface area contributed by atoms with Gasteiger partial charge >= 0.3 is 0 Å². The molecule has 0 aliphatic rings. The Morgan fingerprint density at radius 1 is 0.477 bits per heavy atom. The molecule has 4 aromatic carbocycles. The van der Waals surface area contributed by atoms with Gasteiger partial charge in [-0.25, -0.2) is 18.3 Å². The van der Waals surface area contributed by atoms with Crippen LogP contribution in [0.25, 0.3) is 0 Å². The van der Waals surface area contributed by atoms with Crippen molar-refractivity contribution < 1.29 is 9.13 Å². The summed E-state index contributed by atoms with van der Waals surface area (Å²) in [6.07, 6.45) is 8.18. The van der Waals surface area contributed by atoms with Gasteiger partial charge in [-0.3, -0.25) is 0 Å². The van der Waals surface area contributed by atoms with Crippen LogP contribution in [0.3, 0.4) is 0 Å². The number of rotatable bonds is 10. The summed E-state index contributed by atoms with van der Waals surface area (Å²) in [5.41, 5.74) is 4.94. The van der Waals surface area contributed by atoms with Crippen LogP contribution in [0.1, 0.15) is 33.9 Å². The molecule has 2 aromatic heterocycles. The van der Waals surface area contributed by atoms with E-state index in [4.69, 9.17) is 49.7 Å². The zero-order valence-electron chi connectivity index (χ0n) is 24.1. The molecule has 6 rings (SSSR count). The standard InChI is InChI=1S/2C18H16N2S2/c2*21-18(22)17-19(13-15-7-3-1-4-8-15)11-12-20(17)14-16-9-5-2-6-10-16/h2*1-12H,13-14H2. The zero-order chi connectivity index (χ0) is 30.7. The number of hydrogen-bond acceptors (Lipinski definition) is 4. The minimum absolute atomic E-state index is 0.497. The van der Waals surface area contributed by atoms with Gasteiger partial charge in [-0.1, -0.05) is 121 Å². The largest absolute Gasteiger partial charge is 0.421 e. The molecule has 0 bridgehead atoms. The van der Waals surface area contributed by atoms with Crippen LogP contribution in [-0.4, -0.2) is 17.5 Å². The summed E-state index contributed by atoms with van der Waals surface area (Å²) in [6, 6.07) is 41.3. The smallest absolute Gasteiger partial charge is 0.269 e. The van der Waals surface area contributed by atoms with E-state index in [0.29, 0.717) is 8.39 Å². The van der Waals surface area contributed by atoms with Gasteiger partial charge in [0.15, 0.2) is 0 Å². The van der Waals surface area contributed by atoms with Crippen molar-refractivity contribution in [1.82, 2.24) is 9.13 Å². The van der Waals surface area contributed by atoms with Crippen molar-refractivity contribution in [3.8, 4) is 0 Å². The zero-order valence-corrected chi connectivity index (χ0v) is 27.4. The third kappa shape index (κ3) is 8.51. The first-order valence-corrected chi connectivity index (χ1v) is 15.9. The summed E-state index contributed by atoms with van der Waals surface area (Å²) in [6.45, 7) is 3.09. The van der Waals surface area contributed by atoms with E-state index in [1.807, 2.05) is 97.6 Å². The Kier molecular flexibility index (Phi) is 11.1. The summed E-state index contributed by atoms with van der Waals surface area (Å²) in [4.78, 5) is 0. The minimum Gasteiger partial charge on any atom is -0.421 e. The van der Waals surface area contributed by atoms with Gasteiger partial charge in [0.2, 0.25) is 0 Å². The van der Waals surface area contributed by atoms with Gasteiger partial charge in [0, 0.05) is 0 Å². The van der Waals surface area contributed by atoms with Gasteiger partial charge < -0.3 is 49.7 Å². The van der Waals surface area contributed by atoms with E-state index in [1.165, 1.54) is 22.3 Å². The van der Waals surface area contributed by atoms with Crippen molar-refractivity contribution >= 4 is 58.1 Å². The van der Waals surface area contributed by atoms with Crippen LogP contribution in [0.2, 0.25) is 0 Å². The Morgan fingerprint density at radius 3 is 1.07 bits per heavy atom. The second-order valence-corrected chi connectivity index (χ2v) is 12.4. The van der Waals surface area contributed by atoms with E-state index in [2.05, 4.69) is 66.8 Å². The van der Waals surface area contributed by atoms with Crippen molar-refractivity contribution in [1.29, 1.82) is 0 Å². The second kappa shape index (κ2) is 15.6. The first kappa shape index (κ1) is 31.3. The van der Waals surface area contributed by atoms with Crippen molar-refractivity contribution in [2.75, 3.05) is 0 Å². The van der Waals surface area contributed by atoms with Crippen LogP contribution >= 0.6 is 24.4 Å². The Morgan fingerprint density at radius 2 is 0.773 bits per heavy atom. The van der Waals surface area contributed by atoms with E-state index in [-0.39, 0.29) is 0 Å². The van der Waals surface area contributed by atoms with Crippen LogP contribution in [0.5, 0.6) is 0 Å². The molecule has 0 N–H and O–H groups in total. The van der Waals surface area contributed by atoms with E-state index >= 15 is 0 Å². The lowest BCUT2D eigenvalue weighted by atomic mass is 10.2. The molecule has 8 heteroatoms. The van der Waals surface area contributed by atoms with E-state index in [0.717, 1.165) is 37.8 Å². The highest BCUT2D eigenvalue weighted by Gasteiger charge is 2.17. The molecule has 0 aliphatic heterocycles. The Labute approximate surface area is 281 Å². The highest BCUT2D eigenvalue weighted by Crippen LogP contribution is 2.09. The molecular weight excluding hydrogens is 617 g/mol. The van der Waals surface area contributed by atoms with Crippen LogP contribution < -0.4 is 9.13 Å². The van der Waals surface area contributed by atoms with Gasteiger partial charge in [0.1, 0.15) is 51.0 Å². The normalized spacial score (nSPS) is 10.5. The number of hydrogen-bond donors (Lipinski definition) is 0. The maximum atomic E-state index is 5.30. The topological polar surface area (TPSA) is 17.6 Å². The Bertz CT molecular complexity index is 1550. The van der Waals surface area contributed by atoms with Crippen molar-refractivity contribution in [2.45, 2.75) is 26.2 Å². The predicted molar refractivity (Wildman–Crippen MR) is 190 cm³/mol. The number of thiocarbonyl (C=S) groups is 2. The van der Waals surface area contributed by atoms with E-state index in [1.54, 1.807) is 0 Å². The molecule has 0 atom stereocenters. The quantitative estimate of drug-likeness (QED) is 0.100. The molecule has 2 heterocycles. The number of imidazole rings is 2. The summed E-state index contributed by atoms with van der Waals surface area (Å²) in [7, 11) is 0. The molecule has 4 nitrogen and oxygen atoms in total. The third-order valence-corrected chi connectivity index (χ3v) is 7.82. The lowest BCUT2D eigenvalue weighted by Gasteiger charge is -2.08. The van der Waals surface area contributed by atoms with Crippen LogP contribution in [-0.2, 0) is 51.4 Å². The van der Waals surface area contributed by atoms with Gasteiger partial charge in [0.05, 0.1) is 0 Å². The van der Waals surface area contributed by atoms with E-state index < -0.39 is 0 Å². The highest BCUT2D eigenvalue weighted by atomic mass is 32.1. The van der Waals surface area contributed by atoms with Crippen LogP contribution in [0.15, 0.2) is 146 Å². The minimum atomic E-state index is 0.497. The van der Waals surface area contributed by atoms with Crippen LogP contribution in [0, 0.1) is 0 Å². The lowest BCUT2D eigenvalue weighted by molar-refractivity contribution is -0.688. The lowest BCUT2D eigenvalue weighted by Crippen LogP contribution is -2.39. The monoisotopic (exact) mass is 648 g/mol. The Balaban J connectivity index is 0.000000175. The number of nitrogens with zero attached hydrogens (tertiary/aromatic N) is 4. The summed E-state index contributed by atoms with van der Waals surface area (Å²) in [5.74, 6) is 1.83. The maximum absolute atomic E-state index is 5.30. The van der Waals surface area contributed by atoms with Crippen molar-refractivity contribution in [2.24, 2.45) is 0 Å². The van der Waals surface area contributed by atoms with Crippen molar-refractivity contribution in [3.05, 3.63) is 180 Å². The fourth-order valence-electron chi connectivity index (χ4n) is 5.03. The van der Waals surface area contributed by atoms with Gasteiger partial charge in [-0.2, -0.15) is 0 Å². The maximum Gasteiger partial charge on any atom is 0.269 e. The SMILES string of the molecule is S=C([S-])c1n(Cc2ccccc2)cc[n+]1Cc1ccccc1.S=C([S-])c1n(Cc2ccccc2)cc[n+]1Cc1ccccc1. The van der Waals surface area contributed by atoms with Gasteiger partial charge in [0.25, 0.3) is 11.6 Å². The second-order valence-electron chi connectivity index (χ2n) is 10.3. The molecule has 0 aliphatic carbocycles. The molecular formula is C36H32N4S4. The predicted octanol–water partition coefficient (Wildman–Crippen LogP) is 6.19. The average molecular weight is 649 g/mol. The third-order valence-electron chi connectivity index (χ3n) is 7.09. The number of benzene rings is 4. The summed E-state index contributed by atoms with van der Waals surface area (Å²) in [5, 5.41) is 0. The van der Waals surface area contributed by atoms with E-state index in [9.17, 15) is 0 Å². The molecule has 0 spiro atoms. The molecule has 220 valence electrons. The molecule has 44 heavy (non-hydrogen) atoms. The number of aromatic nitrogens is 4. The summed E-state index contributed by atoms with van der Waals surface area (Å²) < 4.78 is 9.47. The van der Waals surface area contributed by atoms with Crippen molar-refractivity contribution in [3.63, 3.8) is 0 Å². The molecule has 0 saturated carbocycles. The molecule has 0 unspecified atom stereocenters. The highest BCUT2D eigenvalue weighted by molar-refractivity contribution is 8.01. The van der Waals surface area contributed by atoms with Gasteiger partial charge in [-0.15, -0.1) is 0 Å². The Hall–Kier alpha value is -4.08. The molecule has 0 radical (unpaired) electrons. The molecule has 0 amide bonds. The molecule has 0 fully saturated rings. The average Bonchev–Trinajstić information content (AvgIpc) is 3.63. The fourth-order valence-corrected chi connectivity index (χ4v) is 5.97. The molecule has 0 saturated heterocycles. The first-order chi connectivity index (χ1) is 21.5. The van der Waals surface area contributed by atoms with Crippen LogP contribution in [0.4, 0.5) is 0 Å². The summed E-state index contributed by atoms with van der Waals surface area (Å²) >= 11 is 21.2. The first-order valence-electron chi connectivity index (χ1n) is 14.2. The van der Waals surface area contributed by atoms with Gasteiger partial charge in [-0.05, 0) is 30.6 Å². The fraction of sp³-hybridized carbons (Fsp3) is 0.111.